The molecule has 3 aromatic rings. The fourth-order valence-corrected chi connectivity index (χ4v) is 5.71. The van der Waals surface area contributed by atoms with E-state index >= 15 is 0 Å². The van der Waals surface area contributed by atoms with E-state index in [0.717, 1.165) is 42.6 Å². The van der Waals surface area contributed by atoms with Crippen LogP contribution < -0.4 is 4.74 Å². The first-order valence-electron chi connectivity index (χ1n) is 12.9. The average Bonchev–Trinajstić information content (AvgIpc) is 3.55. The topological polar surface area (TPSA) is 123 Å². The number of carbonyl (C=O) groups excluding carboxylic acids is 1. The van der Waals surface area contributed by atoms with E-state index in [1.54, 1.807) is 10.6 Å². The molecule has 0 saturated heterocycles. The zero-order chi connectivity index (χ0) is 26.9. The molecule has 9 nitrogen and oxygen atoms in total. The van der Waals surface area contributed by atoms with E-state index in [2.05, 4.69) is 15.1 Å². The number of halogens is 1. The zero-order valence-electron chi connectivity index (χ0n) is 21.5. The molecule has 0 amide bonds. The van der Waals surface area contributed by atoms with Crippen molar-refractivity contribution in [1.29, 1.82) is 5.26 Å². The van der Waals surface area contributed by atoms with Crippen molar-refractivity contribution < 1.29 is 23.8 Å². The number of aryl methyl sites for hydroxylation is 3. The molecule has 1 aliphatic carbocycles. The molecule has 5 rings (SSSR count). The van der Waals surface area contributed by atoms with Crippen molar-refractivity contribution in [2.75, 3.05) is 6.61 Å². The second-order valence-corrected chi connectivity index (χ2v) is 10.2. The van der Waals surface area contributed by atoms with Crippen molar-refractivity contribution in [3.63, 3.8) is 0 Å². The highest BCUT2D eigenvalue weighted by atomic mass is 19.1. The van der Waals surface area contributed by atoms with Crippen LogP contribution in [-0.4, -0.2) is 42.9 Å². The molecule has 1 saturated carbocycles. The number of nitriles is 1. The lowest BCUT2D eigenvalue weighted by molar-refractivity contribution is -0.167. The number of fused-ring (bicyclic) bond motifs is 1. The SMILES string of the molecule is Cc1cc(C)n2nc(CC3=C(O)CC(CCc4ccc(OCC#N)c(F)c4)(C4CCCC4)OC3=O)nc2n1. The van der Waals surface area contributed by atoms with Crippen molar-refractivity contribution in [1.82, 2.24) is 19.6 Å². The summed E-state index contributed by atoms with van der Waals surface area (Å²) in [4.78, 5) is 22.1. The summed E-state index contributed by atoms with van der Waals surface area (Å²) in [7, 11) is 0. The predicted molar refractivity (Wildman–Crippen MR) is 135 cm³/mol. The van der Waals surface area contributed by atoms with Gasteiger partial charge in [-0.25, -0.2) is 18.7 Å². The van der Waals surface area contributed by atoms with Crippen LogP contribution in [-0.2, 0) is 22.4 Å². The second-order valence-electron chi connectivity index (χ2n) is 10.2. The monoisotopic (exact) mass is 519 g/mol. The number of aliphatic hydroxyl groups excluding tert-OH is 1. The molecule has 2 aromatic heterocycles. The number of cyclic esters (lactones) is 1. The minimum atomic E-state index is -0.866. The first kappa shape index (κ1) is 25.6. The number of hydrogen-bond donors (Lipinski definition) is 1. The van der Waals surface area contributed by atoms with Crippen LogP contribution in [0.5, 0.6) is 5.75 Å². The minimum Gasteiger partial charge on any atom is -0.512 e. The quantitative estimate of drug-likeness (QED) is 0.427. The molecule has 1 aliphatic heterocycles. The summed E-state index contributed by atoms with van der Waals surface area (Å²) in [6.07, 6.45) is 5.05. The largest absolute Gasteiger partial charge is 0.512 e. The van der Waals surface area contributed by atoms with Crippen molar-refractivity contribution >= 4 is 11.7 Å². The Morgan fingerprint density at radius 2 is 2.05 bits per heavy atom. The molecule has 10 heteroatoms. The normalized spacial score (nSPS) is 20.1. The molecule has 1 unspecified atom stereocenters. The lowest BCUT2D eigenvalue weighted by atomic mass is 9.76. The number of benzene rings is 1. The van der Waals surface area contributed by atoms with Crippen molar-refractivity contribution in [2.24, 2.45) is 5.92 Å². The second kappa shape index (κ2) is 10.4. The molecule has 1 atom stereocenters. The maximum atomic E-state index is 14.5. The van der Waals surface area contributed by atoms with Crippen LogP contribution in [0.4, 0.5) is 4.39 Å². The Bertz CT molecular complexity index is 1450. The molecule has 38 heavy (non-hydrogen) atoms. The maximum absolute atomic E-state index is 14.5. The minimum absolute atomic E-state index is 0.000648. The summed E-state index contributed by atoms with van der Waals surface area (Å²) in [5, 5.41) is 24.3. The molecular weight excluding hydrogens is 489 g/mol. The van der Waals surface area contributed by atoms with Crippen LogP contribution in [0.3, 0.4) is 0 Å². The summed E-state index contributed by atoms with van der Waals surface area (Å²) in [6.45, 7) is 3.55. The first-order valence-corrected chi connectivity index (χ1v) is 12.9. The molecule has 1 aromatic carbocycles. The van der Waals surface area contributed by atoms with Crippen molar-refractivity contribution in [3.8, 4) is 11.8 Å². The van der Waals surface area contributed by atoms with Crippen LogP contribution in [0.1, 0.15) is 61.3 Å². The third-order valence-electron chi connectivity index (χ3n) is 7.58. The molecule has 2 aliphatic rings. The molecule has 198 valence electrons. The van der Waals surface area contributed by atoms with E-state index in [0.29, 0.717) is 24.4 Å². The van der Waals surface area contributed by atoms with Crippen LogP contribution in [0.2, 0.25) is 0 Å². The van der Waals surface area contributed by atoms with Gasteiger partial charge in [0.2, 0.25) is 0 Å². The first-order chi connectivity index (χ1) is 18.3. The summed E-state index contributed by atoms with van der Waals surface area (Å²) in [5.74, 6) is -0.146. The molecule has 1 fully saturated rings. The van der Waals surface area contributed by atoms with E-state index in [-0.39, 0.29) is 42.4 Å². The van der Waals surface area contributed by atoms with Gasteiger partial charge in [-0.1, -0.05) is 18.9 Å². The van der Waals surface area contributed by atoms with Crippen LogP contribution in [0.25, 0.3) is 5.78 Å². The molecule has 0 spiro atoms. The van der Waals surface area contributed by atoms with Gasteiger partial charge in [-0.3, -0.25) is 0 Å². The molecule has 3 heterocycles. The van der Waals surface area contributed by atoms with E-state index in [4.69, 9.17) is 14.7 Å². The fraction of sp³-hybridized carbons (Fsp3) is 0.464. The maximum Gasteiger partial charge on any atom is 0.338 e. The van der Waals surface area contributed by atoms with Crippen molar-refractivity contribution in [2.45, 2.75) is 70.8 Å². The summed E-state index contributed by atoms with van der Waals surface area (Å²) >= 11 is 0. The number of hydrogen-bond acceptors (Lipinski definition) is 8. The standard InChI is InChI=1S/C28H30FN5O4/c1-17-13-18(2)34-27(31-17)32-25(33-34)15-21-23(35)16-28(38-26(21)36,20-5-3-4-6-20)10-9-19-7-8-24(22(29)14-19)37-12-11-30/h7-8,13-14,20,35H,3-6,9-10,12,15-16H2,1-2H3. The predicted octanol–water partition coefficient (Wildman–Crippen LogP) is 4.65. The van der Waals surface area contributed by atoms with E-state index in [1.807, 2.05) is 26.0 Å². The summed E-state index contributed by atoms with van der Waals surface area (Å²) in [6, 6.07) is 8.35. The van der Waals surface area contributed by atoms with Gasteiger partial charge in [-0.05, 0) is 69.2 Å². The fourth-order valence-electron chi connectivity index (χ4n) is 5.71. The van der Waals surface area contributed by atoms with Gasteiger partial charge in [-0.15, -0.1) is 5.10 Å². The zero-order valence-corrected chi connectivity index (χ0v) is 21.5. The number of esters is 1. The highest BCUT2D eigenvalue weighted by Crippen LogP contribution is 2.46. The third-order valence-corrected chi connectivity index (χ3v) is 7.58. The number of ether oxygens (including phenoxy) is 2. The Balaban J connectivity index is 1.37. The van der Waals surface area contributed by atoms with Gasteiger partial charge >= 0.3 is 5.97 Å². The van der Waals surface area contributed by atoms with Gasteiger partial charge in [0.15, 0.2) is 24.0 Å². The smallest absolute Gasteiger partial charge is 0.338 e. The Kier molecular flexibility index (Phi) is 7.02. The van der Waals surface area contributed by atoms with Crippen LogP contribution in [0.15, 0.2) is 35.6 Å². The number of aromatic nitrogens is 4. The number of nitrogens with zero attached hydrogens (tertiary/aromatic N) is 5. The van der Waals surface area contributed by atoms with Gasteiger partial charge in [0.05, 0.1) is 5.57 Å². The molecule has 0 bridgehead atoms. The highest BCUT2D eigenvalue weighted by Gasteiger charge is 2.48. The highest BCUT2D eigenvalue weighted by molar-refractivity contribution is 5.90. The Hall–Kier alpha value is -4.00. The van der Waals surface area contributed by atoms with Gasteiger partial charge in [0, 0.05) is 24.2 Å². The van der Waals surface area contributed by atoms with E-state index in [1.165, 1.54) is 12.1 Å². The van der Waals surface area contributed by atoms with Gasteiger partial charge in [0.25, 0.3) is 5.78 Å². The average molecular weight is 520 g/mol. The molecular formula is C28H30FN5O4. The summed E-state index contributed by atoms with van der Waals surface area (Å²) < 4.78 is 27.3. The van der Waals surface area contributed by atoms with E-state index < -0.39 is 17.4 Å². The molecule has 1 N–H and O–H groups in total. The van der Waals surface area contributed by atoms with Gasteiger partial charge in [-0.2, -0.15) is 10.2 Å². The number of rotatable bonds is 8. The van der Waals surface area contributed by atoms with E-state index in [9.17, 15) is 14.3 Å². The Labute approximate surface area is 219 Å². The lowest BCUT2D eigenvalue weighted by Gasteiger charge is -2.41. The third kappa shape index (κ3) is 5.05. The van der Waals surface area contributed by atoms with Crippen molar-refractivity contribution in [3.05, 3.63) is 64.2 Å². The number of carbonyl (C=O) groups is 1. The van der Waals surface area contributed by atoms with Crippen LogP contribution in [0, 0.1) is 36.9 Å². The Morgan fingerprint density at radius 1 is 1.26 bits per heavy atom. The van der Waals surface area contributed by atoms with Crippen LogP contribution >= 0.6 is 0 Å². The molecule has 0 radical (unpaired) electrons. The number of aliphatic hydroxyl groups is 1. The summed E-state index contributed by atoms with van der Waals surface area (Å²) in [5.41, 5.74) is 1.71. The van der Waals surface area contributed by atoms with Gasteiger partial charge < -0.3 is 14.6 Å². The van der Waals surface area contributed by atoms with Gasteiger partial charge in [0.1, 0.15) is 17.4 Å². The Morgan fingerprint density at radius 3 is 2.76 bits per heavy atom. The lowest BCUT2D eigenvalue weighted by Crippen LogP contribution is -2.46.